The second kappa shape index (κ2) is 11.3. The fourth-order valence-corrected chi connectivity index (χ4v) is 4.32. The van der Waals surface area contributed by atoms with Gasteiger partial charge in [0, 0.05) is 40.4 Å². The molecule has 0 radical (unpaired) electrons. The number of hydrogen-bond acceptors (Lipinski definition) is 8. The van der Waals surface area contributed by atoms with E-state index in [4.69, 9.17) is 5.26 Å². The van der Waals surface area contributed by atoms with E-state index in [1.54, 1.807) is 0 Å². The molecule has 0 aliphatic carbocycles. The van der Waals surface area contributed by atoms with Gasteiger partial charge >= 0.3 is 0 Å². The van der Waals surface area contributed by atoms with Crippen LogP contribution in [0.4, 0.5) is 11.4 Å². The van der Waals surface area contributed by atoms with E-state index in [-0.39, 0.29) is 11.8 Å². The van der Waals surface area contributed by atoms with E-state index in [1.807, 2.05) is 60.8 Å². The van der Waals surface area contributed by atoms with Gasteiger partial charge in [-0.1, -0.05) is 43.5 Å². The minimum Gasteiger partial charge on any atom is -0.550 e. The third kappa shape index (κ3) is 5.98. The van der Waals surface area contributed by atoms with Gasteiger partial charge in [0.2, 0.25) is 0 Å². The maximum absolute atomic E-state index is 10.7. The number of carboxylic acid groups (broad SMARTS) is 1. The number of allylic oxidation sites excluding steroid dienone is 2. The molecule has 32 heavy (non-hydrogen) atoms. The van der Waals surface area contributed by atoms with Crippen LogP contribution in [0, 0.1) is 0 Å². The molecular formula is C24H27N2O5S-. The van der Waals surface area contributed by atoms with Crippen molar-refractivity contribution in [1.29, 1.82) is 0 Å². The summed E-state index contributed by atoms with van der Waals surface area (Å²) in [6.45, 7) is 5.07. The molecule has 0 bridgehead atoms. The smallest absolute Gasteiger partial charge is 0.0714 e. The molecule has 2 aromatic carbocycles. The first-order valence-electron chi connectivity index (χ1n) is 10.5. The number of carbonyl (C=O) groups is 1. The van der Waals surface area contributed by atoms with E-state index in [1.165, 1.54) is 0 Å². The van der Waals surface area contributed by atoms with Crippen LogP contribution in [0.3, 0.4) is 0 Å². The molecule has 0 fully saturated rings. The summed E-state index contributed by atoms with van der Waals surface area (Å²) in [5, 5.41) is 22.9. The molecular weight excluding hydrogens is 428 g/mol. The fraction of sp³-hybridized carbons (Fsp3) is 0.333. The summed E-state index contributed by atoms with van der Waals surface area (Å²) in [6, 6.07) is 15.7. The SMILES string of the molecule is CC1(C)/C(=C/C=Nc2ccccc2)N(CCCCCC(=O)[O-])c2ccc(SOOO)cc21. The summed E-state index contributed by atoms with van der Waals surface area (Å²) in [5.74, 6) is -1.01. The van der Waals surface area contributed by atoms with E-state index in [0.29, 0.717) is 6.42 Å². The normalized spacial score (nSPS) is 16.1. The molecule has 0 spiro atoms. The molecule has 0 saturated carbocycles. The van der Waals surface area contributed by atoms with Gasteiger partial charge in [0.05, 0.1) is 17.7 Å². The molecule has 1 heterocycles. The van der Waals surface area contributed by atoms with Crippen LogP contribution in [0.15, 0.2) is 70.2 Å². The third-order valence-electron chi connectivity index (χ3n) is 5.50. The lowest BCUT2D eigenvalue weighted by atomic mass is 9.84. The minimum atomic E-state index is -1.01. The van der Waals surface area contributed by atoms with Crippen molar-refractivity contribution in [1.82, 2.24) is 0 Å². The van der Waals surface area contributed by atoms with Crippen molar-refractivity contribution in [3.05, 3.63) is 65.9 Å². The number of carbonyl (C=O) groups excluding carboxylic acids is 1. The minimum absolute atomic E-state index is 0.0853. The molecule has 1 aliphatic rings. The number of unbranched alkanes of at least 4 members (excludes halogenated alkanes) is 2. The van der Waals surface area contributed by atoms with E-state index >= 15 is 0 Å². The molecule has 3 rings (SSSR count). The van der Waals surface area contributed by atoms with E-state index < -0.39 is 5.97 Å². The second-order valence-electron chi connectivity index (χ2n) is 8.03. The zero-order chi connectivity index (χ0) is 23.0. The van der Waals surface area contributed by atoms with Crippen LogP contribution in [-0.4, -0.2) is 24.0 Å². The molecule has 0 amide bonds. The fourth-order valence-electron chi connectivity index (χ4n) is 3.93. The van der Waals surface area contributed by atoms with Crippen LogP contribution in [0.25, 0.3) is 0 Å². The number of nitrogens with zero attached hydrogens (tertiary/aromatic N) is 2. The highest BCUT2D eigenvalue weighted by Crippen LogP contribution is 2.48. The number of aliphatic imine (C=N–C) groups is 1. The average molecular weight is 456 g/mol. The first kappa shape index (κ1) is 24.0. The molecule has 0 aromatic heterocycles. The molecule has 0 unspecified atom stereocenters. The number of aliphatic carboxylic acids is 1. The highest BCUT2D eigenvalue weighted by Gasteiger charge is 2.39. The van der Waals surface area contributed by atoms with Gasteiger partial charge in [-0.05, 0) is 61.2 Å². The van der Waals surface area contributed by atoms with Gasteiger partial charge in [-0.15, -0.1) is 4.33 Å². The monoisotopic (exact) mass is 455 g/mol. The molecule has 170 valence electrons. The maximum atomic E-state index is 10.7. The lowest BCUT2D eigenvalue weighted by molar-refractivity contribution is -0.432. The first-order valence-corrected chi connectivity index (χ1v) is 11.2. The van der Waals surface area contributed by atoms with E-state index in [9.17, 15) is 9.90 Å². The lowest BCUT2D eigenvalue weighted by Gasteiger charge is -2.27. The number of rotatable bonds is 11. The number of para-hydroxylation sites is 1. The molecule has 0 atom stereocenters. The van der Waals surface area contributed by atoms with E-state index in [2.05, 4.69) is 33.1 Å². The van der Waals surface area contributed by atoms with Gasteiger partial charge in [-0.2, -0.15) is 0 Å². The maximum Gasteiger partial charge on any atom is 0.0714 e. The molecule has 1 aliphatic heterocycles. The summed E-state index contributed by atoms with van der Waals surface area (Å²) >= 11 is 0.934. The van der Waals surface area contributed by atoms with Gasteiger partial charge in [0.15, 0.2) is 0 Å². The Morgan fingerprint density at radius 2 is 1.97 bits per heavy atom. The van der Waals surface area contributed by atoms with Crippen LogP contribution >= 0.6 is 12.0 Å². The molecule has 2 aromatic rings. The predicted octanol–water partition coefficient (Wildman–Crippen LogP) is 4.81. The summed E-state index contributed by atoms with van der Waals surface area (Å²) in [4.78, 5) is 18.3. The van der Waals surface area contributed by atoms with Crippen LogP contribution in [0.5, 0.6) is 0 Å². The molecule has 7 nitrogen and oxygen atoms in total. The Morgan fingerprint density at radius 1 is 1.19 bits per heavy atom. The van der Waals surface area contributed by atoms with Gasteiger partial charge in [-0.3, -0.25) is 4.99 Å². The van der Waals surface area contributed by atoms with Gasteiger partial charge in [0.1, 0.15) is 0 Å². The summed E-state index contributed by atoms with van der Waals surface area (Å²) < 4.78 is 4.60. The van der Waals surface area contributed by atoms with Crippen molar-refractivity contribution in [3.63, 3.8) is 0 Å². The van der Waals surface area contributed by atoms with Crippen LogP contribution in [0.1, 0.15) is 45.1 Å². The highest BCUT2D eigenvalue weighted by molar-refractivity contribution is 7.94. The number of anilines is 1. The standard InChI is InChI=1S/C24H28N2O5S/c1-24(2)20-17-19(32-31-30-29)12-13-21(20)26(16-8-4-7-11-23(27)28)22(24)14-15-25-18-9-5-3-6-10-18/h3,5-6,9-10,12-15,17,29H,4,7-8,11,16H2,1-2H3,(H,27,28)/p-1/b22-14-,25-15?. The Morgan fingerprint density at radius 3 is 2.69 bits per heavy atom. The molecule has 0 saturated heterocycles. The zero-order valence-electron chi connectivity index (χ0n) is 18.2. The Balaban J connectivity index is 1.86. The van der Waals surface area contributed by atoms with Crippen molar-refractivity contribution >= 4 is 35.6 Å². The number of carboxylic acids is 1. The number of fused-ring (bicyclic) bond motifs is 1. The third-order valence-corrected chi connectivity index (χ3v) is 6.07. The Kier molecular flexibility index (Phi) is 8.46. The van der Waals surface area contributed by atoms with Crippen molar-refractivity contribution < 1.29 is 24.5 Å². The Hall–Kier alpha value is -2.65. The van der Waals surface area contributed by atoms with Gasteiger partial charge in [-0.25, -0.2) is 5.26 Å². The zero-order valence-corrected chi connectivity index (χ0v) is 19.0. The highest BCUT2D eigenvalue weighted by atomic mass is 32.2. The quantitative estimate of drug-likeness (QED) is 0.171. The Labute approximate surface area is 192 Å². The number of benzene rings is 2. The second-order valence-corrected chi connectivity index (χ2v) is 8.80. The van der Waals surface area contributed by atoms with Crippen LogP contribution < -0.4 is 10.0 Å². The summed E-state index contributed by atoms with van der Waals surface area (Å²) in [6.07, 6.45) is 6.21. The van der Waals surface area contributed by atoms with Crippen molar-refractivity contribution in [2.75, 3.05) is 11.4 Å². The first-order chi connectivity index (χ1) is 15.4. The average Bonchev–Trinajstić information content (AvgIpc) is 2.99. The summed E-state index contributed by atoms with van der Waals surface area (Å²) in [5.41, 5.74) is 3.90. The van der Waals surface area contributed by atoms with Crippen molar-refractivity contribution in [2.45, 2.75) is 49.8 Å². The topological polar surface area (TPSA) is 94.4 Å². The summed E-state index contributed by atoms with van der Waals surface area (Å²) in [7, 11) is 0. The predicted molar refractivity (Wildman–Crippen MR) is 124 cm³/mol. The number of hydrogen-bond donors (Lipinski definition) is 1. The molecule has 1 N–H and O–H groups in total. The van der Waals surface area contributed by atoms with Gasteiger partial charge < -0.3 is 14.8 Å². The molecule has 8 heteroatoms. The van der Waals surface area contributed by atoms with Crippen LogP contribution in [-0.2, 0) is 19.6 Å². The largest absolute Gasteiger partial charge is 0.550 e. The van der Waals surface area contributed by atoms with E-state index in [0.717, 1.165) is 59.0 Å². The van der Waals surface area contributed by atoms with Crippen molar-refractivity contribution in [2.24, 2.45) is 4.99 Å². The van der Waals surface area contributed by atoms with Crippen molar-refractivity contribution in [3.8, 4) is 0 Å². The Bertz CT molecular complexity index is 976. The van der Waals surface area contributed by atoms with Crippen LogP contribution in [0.2, 0.25) is 0 Å². The lowest BCUT2D eigenvalue weighted by Crippen LogP contribution is -2.27. The van der Waals surface area contributed by atoms with Gasteiger partial charge in [0.25, 0.3) is 0 Å².